The van der Waals surface area contributed by atoms with Gasteiger partial charge in [-0.3, -0.25) is 9.59 Å². The van der Waals surface area contributed by atoms with Gasteiger partial charge < -0.3 is 10.2 Å². The molecule has 0 spiro atoms. The Morgan fingerprint density at radius 3 is 1.96 bits per heavy atom. The molecule has 0 fully saturated rings. The number of amides is 2. The third-order valence-corrected chi connectivity index (χ3v) is 4.08. The zero-order chi connectivity index (χ0) is 16.8. The molecular weight excluding hydrogens is 356 g/mol. The highest BCUT2D eigenvalue weighted by atomic mass is 79.9. The van der Waals surface area contributed by atoms with Gasteiger partial charge in [0, 0.05) is 34.4 Å². The molecule has 2 aromatic carbocycles. The Bertz CT molecular complexity index is 677. The van der Waals surface area contributed by atoms with Gasteiger partial charge in [-0.25, -0.2) is 0 Å². The predicted molar refractivity (Wildman–Crippen MR) is 95.8 cm³/mol. The van der Waals surface area contributed by atoms with E-state index in [1.54, 1.807) is 29.2 Å². The molecule has 0 saturated carbocycles. The summed E-state index contributed by atoms with van der Waals surface area (Å²) in [5, 5.41) is 2.82. The highest BCUT2D eigenvalue weighted by Crippen LogP contribution is 2.15. The summed E-state index contributed by atoms with van der Waals surface area (Å²) in [5.41, 5.74) is 1.83. The Morgan fingerprint density at radius 2 is 1.43 bits per heavy atom. The Morgan fingerprint density at radius 1 is 0.913 bits per heavy atom. The number of carbonyl (C=O) groups is 2. The van der Waals surface area contributed by atoms with E-state index in [2.05, 4.69) is 21.2 Å². The molecule has 120 valence electrons. The van der Waals surface area contributed by atoms with Crippen molar-refractivity contribution in [2.75, 3.05) is 18.4 Å². The molecule has 0 aliphatic carbocycles. The Kier molecular flexibility index (Phi) is 5.93. The normalized spacial score (nSPS) is 10.2. The summed E-state index contributed by atoms with van der Waals surface area (Å²) in [6.07, 6.45) is 0. The number of nitrogens with one attached hydrogen (secondary N) is 1. The second-order valence-corrected chi connectivity index (χ2v) is 5.93. The van der Waals surface area contributed by atoms with Crippen LogP contribution >= 0.6 is 15.9 Å². The second-order valence-electron chi connectivity index (χ2n) is 5.02. The summed E-state index contributed by atoms with van der Waals surface area (Å²) in [4.78, 5) is 26.2. The molecule has 5 heteroatoms. The van der Waals surface area contributed by atoms with Gasteiger partial charge in [-0.2, -0.15) is 0 Å². The van der Waals surface area contributed by atoms with E-state index in [0.717, 1.165) is 10.2 Å². The van der Waals surface area contributed by atoms with Crippen molar-refractivity contribution in [3.63, 3.8) is 0 Å². The van der Waals surface area contributed by atoms with Crippen molar-refractivity contribution >= 4 is 33.4 Å². The summed E-state index contributed by atoms with van der Waals surface area (Å²) in [6.45, 7) is 5.23. The third-order valence-electron chi connectivity index (χ3n) is 3.55. The van der Waals surface area contributed by atoms with Crippen molar-refractivity contribution in [3.05, 3.63) is 64.1 Å². The van der Waals surface area contributed by atoms with E-state index in [9.17, 15) is 9.59 Å². The lowest BCUT2D eigenvalue weighted by atomic mass is 10.1. The maximum atomic E-state index is 12.2. The van der Waals surface area contributed by atoms with Crippen LogP contribution in [0.1, 0.15) is 34.6 Å². The minimum Gasteiger partial charge on any atom is -0.339 e. The van der Waals surface area contributed by atoms with Crippen molar-refractivity contribution in [1.82, 2.24) is 4.90 Å². The molecule has 2 rings (SSSR count). The quantitative estimate of drug-likeness (QED) is 0.852. The van der Waals surface area contributed by atoms with Gasteiger partial charge in [0.2, 0.25) is 0 Å². The Balaban J connectivity index is 2.08. The summed E-state index contributed by atoms with van der Waals surface area (Å²) in [6, 6.07) is 14.1. The number of rotatable bonds is 5. The number of halogens is 1. The van der Waals surface area contributed by atoms with Gasteiger partial charge in [0.15, 0.2) is 0 Å². The van der Waals surface area contributed by atoms with Crippen LogP contribution in [0.15, 0.2) is 53.0 Å². The SMILES string of the molecule is CCN(CC)C(=O)c1ccc(C(=O)Nc2ccc(Br)cc2)cc1. The predicted octanol–water partition coefficient (Wildman–Crippen LogP) is 4.18. The van der Waals surface area contributed by atoms with E-state index in [1.165, 1.54) is 0 Å². The summed E-state index contributed by atoms with van der Waals surface area (Å²) < 4.78 is 0.953. The van der Waals surface area contributed by atoms with E-state index in [1.807, 2.05) is 38.1 Å². The van der Waals surface area contributed by atoms with E-state index < -0.39 is 0 Å². The third kappa shape index (κ3) is 4.42. The molecule has 0 aromatic heterocycles. The first-order valence-corrected chi connectivity index (χ1v) is 8.30. The summed E-state index contributed by atoms with van der Waals surface area (Å²) in [5.74, 6) is -0.218. The molecule has 0 saturated heterocycles. The van der Waals surface area contributed by atoms with Crippen molar-refractivity contribution in [2.45, 2.75) is 13.8 Å². The number of nitrogens with zero attached hydrogens (tertiary/aromatic N) is 1. The first-order chi connectivity index (χ1) is 11.0. The van der Waals surface area contributed by atoms with Crippen molar-refractivity contribution in [2.24, 2.45) is 0 Å². The average molecular weight is 375 g/mol. The zero-order valence-corrected chi connectivity index (χ0v) is 14.8. The Hall–Kier alpha value is -2.14. The van der Waals surface area contributed by atoms with E-state index in [4.69, 9.17) is 0 Å². The zero-order valence-electron chi connectivity index (χ0n) is 13.2. The average Bonchev–Trinajstić information content (AvgIpc) is 2.58. The Labute approximate surface area is 144 Å². The molecule has 0 aliphatic heterocycles. The van der Waals surface area contributed by atoms with E-state index in [-0.39, 0.29) is 11.8 Å². The standard InChI is InChI=1S/C18H19BrN2O2/c1-3-21(4-2)18(23)14-7-5-13(6-8-14)17(22)20-16-11-9-15(19)10-12-16/h5-12H,3-4H2,1-2H3,(H,20,22). The molecule has 23 heavy (non-hydrogen) atoms. The van der Waals surface area contributed by atoms with Crippen LogP contribution in [0.3, 0.4) is 0 Å². The van der Waals surface area contributed by atoms with Gasteiger partial charge in [0.05, 0.1) is 0 Å². The smallest absolute Gasteiger partial charge is 0.255 e. The number of carbonyl (C=O) groups excluding carboxylic acids is 2. The lowest BCUT2D eigenvalue weighted by molar-refractivity contribution is 0.0772. The minimum absolute atomic E-state index is 0.0186. The molecule has 0 bridgehead atoms. The van der Waals surface area contributed by atoms with Crippen molar-refractivity contribution in [3.8, 4) is 0 Å². The van der Waals surface area contributed by atoms with Gasteiger partial charge >= 0.3 is 0 Å². The van der Waals surface area contributed by atoms with Crippen LogP contribution in [-0.4, -0.2) is 29.8 Å². The lowest BCUT2D eigenvalue weighted by Crippen LogP contribution is -2.30. The van der Waals surface area contributed by atoms with Gasteiger partial charge in [0.25, 0.3) is 11.8 Å². The van der Waals surface area contributed by atoms with E-state index in [0.29, 0.717) is 24.2 Å². The summed E-state index contributed by atoms with van der Waals surface area (Å²) >= 11 is 3.35. The van der Waals surface area contributed by atoms with Crippen molar-refractivity contribution in [1.29, 1.82) is 0 Å². The number of benzene rings is 2. The maximum Gasteiger partial charge on any atom is 0.255 e. The van der Waals surface area contributed by atoms with Crippen LogP contribution in [0.5, 0.6) is 0 Å². The van der Waals surface area contributed by atoms with Crippen LogP contribution in [0.4, 0.5) is 5.69 Å². The van der Waals surface area contributed by atoms with Crippen LogP contribution < -0.4 is 5.32 Å². The van der Waals surface area contributed by atoms with Gasteiger partial charge in [-0.15, -0.1) is 0 Å². The number of hydrogen-bond donors (Lipinski definition) is 1. The largest absolute Gasteiger partial charge is 0.339 e. The summed E-state index contributed by atoms with van der Waals surface area (Å²) in [7, 11) is 0. The van der Waals surface area contributed by atoms with E-state index >= 15 is 0 Å². The first kappa shape index (κ1) is 17.2. The molecule has 0 atom stereocenters. The fourth-order valence-corrected chi connectivity index (χ4v) is 2.46. The topological polar surface area (TPSA) is 49.4 Å². The lowest BCUT2D eigenvalue weighted by Gasteiger charge is -2.18. The second kappa shape index (κ2) is 7.92. The van der Waals surface area contributed by atoms with Crippen LogP contribution in [0.2, 0.25) is 0 Å². The van der Waals surface area contributed by atoms with Crippen molar-refractivity contribution < 1.29 is 9.59 Å². The highest BCUT2D eigenvalue weighted by molar-refractivity contribution is 9.10. The van der Waals surface area contributed by atoms with Gasteiger partial charge in [0.1, 0.15) is 0 Å². The van der Waals surface area contributed by atoms with Crippen LogP contribution in [0.25, 0.3) is 0 Å². The fraction of sp³-hybridized carbons (Fsp3) is 0.222. The molecular formula is C18H19BrN2O2. The molecule has 0 radical (unpaired) electrons. The maximum absolute atomic E-state index is 12.2. The number of hydrogen-bond acceptors (Lipinski definition) is 2. The number of anilines is 1. The molecule has 1 N–H and O–H groups in total. The van der Waals surface area contributed by atoms with Gasteiger partial charge in [-0.05, 0) is 62.4 Å². The molecule has 2 amide bonds. The van der Waals surface area contributed by atoms with Gasteiger partial charge in [-0.1, -0.05) is 15.9 Å². The molecule has 2 aromatic rings. The molecule has 0 aliphatic rings. The highest BCUT2D eigenvalue weighted by Gasteiger charge is 2.13. The molecule has 4 nitrogen and oxygen atoms in total. The van der Waals surface area contributed by atoms with Crippen LogP contribution in [0, 0.1) is 0 Å². The van der Waals surface area contributed by atoms with Crippen LogP contribution in [-0.2, 0) is 0 Å². The molecule has 0 heterocycles. The monoisotopic (exact) mass is 374 g/mol. The fourth-order valence-electron chi connectivity index (χ4n) is 2.19. The first-order valence-electron chi connectivity index (χ1n) is 7.51. The minimum atomic E-state index is -0.200. The molecule has 0 unspecified atom stereocenters.